The smallest absolute Gasteiger partial charge is 0.322 e. The second-order valence-electron chi connectivity index (χ2n) is 2.77. The van der Waals surface area contributed by atoms with E-state index >= 15 is 0 Å². The molecule has 0 aromatic carbocycles. The summed E-state index contributed by atoms with van der Waals surface area (Å²) in [5.74, 6) is -1.40. The highest BCUT2D eigenvalue weighted by atomic mass is 32.2. The Morgan fingerprint density at radius 2 is 2.29 bits per heavy atom. The maximum atomic E-state index is 11.4. The Morgan fingerprint density at radius 3 is 2.79 bits per heavy atom. The van der Waals surface area contributed by atoms with Crippen LogP contribution in [0, 0.1) is 0 Å². The van der Waals surface area contributed by atoms with Crippen molar-refractivity contribution in [2.24, 2.45) is 0 Å². The van der Waals surface area contributed by atoms with Crippen LogP contribution in [-0.2, 0) is 24.4 Å². The van der Waals surface area contributed by atoms with E-state index in [1.54, 1.807) is 6.92 Å². The number of hydrogen-bond acceptors (Lipinski definition) is 5. The lowest BCUT2D eigenvalue weighted by Crippen LogP contribution is -2.33. The molecule has 0 aromatic rings. The number of ether oxygens (including phenoxy) is 1. The van der Waals surface area contributed by atoms with Crippen molar-refractivity contribution in [1.29, 1.82) is 0 Å². The predicted octanol–water partition coefficient (Wildman–Crippen LogP) is -0.483. The maximum Gasteiger partial charge on any atom is 0.322 e. The van der Waals surface area contributed by atoms with Crippen molar-refractivity contribution < 1.29 is 22.8 Å². The fourth-order valence-corrected chi connectivity index (χ4v) is 2.24. The molecule has 0 atom stereocenters. The molecule has 0 radical (unpaired) electrons. The number of carbonyl (C=O) groups excluding carboxylic acids is 1. The average Bonchev–Trinajstić information content (AvgIpc) is 2.54. The van der Waals surface area contributed by atoms with Gasteiger partial charge in [0.25, 0.3) is 0 Å². The van der Waals surface area contributed by atoms with E-state index in [0.29, 0.717) is 19.6 Å². The summed E-state index contributed by atoms with van der Waals surface area (Å²) in [5, 5.41) is 0. The second-order valence-corrected chi connectivity index (χ2v) is 4.63. The monoisotopic (exact) mass is 223 g/mol. The Morgan fingerprint density at radius 1 is 1.57 bits per heavy atom. The standard InChI is InChI=1S/C7H13NO5S/c1-2-12-7(9)6-14(10,11)8-4-3-5-13-8/h2-6H2,1H3. The van der Waals surface area contributed by atoms with Crippen molar-refractivity contribution in [2.45, 2.75) is 13.3 Å². The topological polar surface area (TPSA) is 72.9 Å². The van der Waals surface area contributed by atoms with Gasteiger partial charge in [-0.1, -0.05) is 4.47 Å². The third-order valence-electron chi connectivity index (χ3n) is 1.64. The normalized spacial score (nSPS) is 18.4. The third-order valence-corrected chi connectivity index (χ3v) is 3.15. The van der Waals surface area contributed by atoms with E-state index in [2.05, 4.69) is 4.74 Å². The van der Waals surface area contributed by atoms with Gasteiger partial charge in [0.1, 0.15) is 0 Å². The van der Waals surface area contributed by atoms with Gasteiger partial charge in [-0.2, -0.15) is 0 Å². The minimum Gasteiger partial charge on any atom is -0.465 e. The van der Waals surface area contributed by atoms with Crippen LogP contribution in [0.25, 0.3) is 0 Å². The van der Waals surface area contributed by atoms with Crippen molar-refractivity contribution in [3.8, 4) is 0 Å². The lowest BCUT2D eigenvalue weighted by Gasteiger charge is -2.12. The van der Waals surface area contributed by atoms with E-state index in [4.69, 9.17) is 4.84 Å². The molecule has 82 valence electrons. The average molecular weight is 223 g/mol. The van der Waals surface area contributed by atoms with Crippen LogP contribution in [0.4, 0.5) is 0 Å². The van der Waals surface area contributed by atoms with Crippen LogP contribution in [0.15, 0.2) is 0 Å². The number of hydrogen-bond donors (Lipinski definition) is 0. The molecule has 1 heterocycles. The van der Waals surface area contributed by atoms with Crippen molar-refractivity contribution >= 4 is 16.0 Å². The number of esters is 1. The van der Waals surface area contributed by atoms with Crippen molar-refractivity contribution in [1.82, 2.24) is 4.47 Å². The van der Waals surface area contributed by atoms with Crippen LogP contribution >= 0.6 is 0 Å². The first-order valence-corrected chi connectivity index (χ1v) is 5.96. The van der Waals surface area contributed by atoms with Crippen LogP contribution in [0.1, 0.15) is 13.3 Å². The molecule has 14 heavy (non-hydrogen) atoms. The molecule has 1 saturated heterocycles. The molecular formula is C7H13NO5S. The Bertz CT molecular complexity index is 293. The van der Waals surface area contributed by atoms with Crippen molar-refractivity contribution in [3.63, 3.8) is 0 Å². The zero-order valence-electron chi connectivity index (χ0n) is 7.93. The first-order valence-electron chi connectivity index (χ1n) is 4.35. The molecule has 1 aliphatic heterocycles. The summed E-state index contributed by atoms with van der Waals surface area (Å²) in [4.78, 5) is 15.8. The van der Waals surface area contributed by atoms with Crippen LogP contribution in [0.3, 0.4) is 0 Å². The second kappa shape index (κ2) is 4.72. The quantitative estimate of drug-likeness (QED) is 0.602. The van der Waals surface area contributed by atoms with Gasteiger partial charge in [-0.25, -0.2) is 8.42 Å². The predicted molar refractivity (Wildman–Crippen MR) is 47.7 cm³/mol. The Balaban J connectivity index is 2.52. The molecule has 6 nitrogen and oxygen atoms in total. The summed E-state index contributed by atoms with van der Waals surface area (Å²) in [7, 11) is -3.64. The largest absolute Gasteiger partial charge is 0.465 e. The molecule has 0 N–H and O–H groups in total. The first-order chi connectivity index (χ1) is 6.56. The summed E-state index contributed by atoms with van der Waals surface area (Å²) < 4.78 is 28.2. The van der Waals surface area contributed by atoms with Gasteiger partial charge < -0.3 is 4.74 Å². The zero-order chi connectivity index (χ0) is 10.6. The fraction of sp³-hybridized carbons (Fsp3) is 0.857. The molecule has 0 unspecified atom stereocenters. The Labute approximate surface area is 82.8 Å². The first kappa shape index (κ1) is 11.4. The minimum absolute atomic E-state index is 0.176. The number of hydroxylamine groups is 1. The highest BCUT2D eigenvalue weighted by molar-refractivity contribution is 7.89. The summed E-state index contributed by atoms with van der Waals surface area (Å²) in [6.07, 6.45) is 0.655. The van der Waals surface area contributed by atoms with Crippen molar-refractivity contribution in [3.05, 3.63) is 0 Å². The molecular weight excluding hydrogens is 210 g/mol. The lowest BCUT2D eigenvalue weighted by molar-refractivity contribution is -0.140. The molecule has 1 aliphatic rings. The lowest BCUT2D eigenvalue weighted by atomic mass is 10.5. The molecule has 0 saturated carbocycles. The molecule has 0 aliphatic carbocycles. The fourth-order valence-electron chi connectivity index (χ4n) is 1.07. The van der Waals surface area contributed by atoms with Crippen LogP contribution in [0.2, 0.25) is 0 Å². The van der Waals surface area contributed by atoms with E-state index in [1.165, 1.54) is 0 Å². The van der Waals surface area contributed by atoms with Gasteiger partial charge in [0.2, 0.25) is 10.0 Å². The van der Waals surface area contributed by atoms with E-state index in [-0.39, 0.29) is 6.61 Å². The SMILES string of the molecule is CCOC(=O)CS(=O)(=O)N1CCCO1. The molecule has 0 bridgehead atoms. The van der Waals surface area contributed by atoms with E-state index in [9.17, 15) is 13.2 Å². The molecule has 7 heteroatoms. The van der Waals surface area contributed by atoms with Gasteiger partial charge in [0.15, 0.2) is 5.75 Å². The zero-order valence-corrected chi connectivity index (χ0v) is 8.75. The van der Waals surface area contributed by atoms with Crippen LogP contribution in [-0.4, -0.2) is 44.4 Å². The van der Waals surface area contributed by atoms with Gasteiger partial charge in [-0.05, 0) is 13.3 Å². The van der Waals surface area contributed by atoms with Crippen LogP contribution in [0.5, 0.6) is 0 Å². The summed E-state index contributed by atoms with van der Waals surface area (Å²) in [6.45, 7) is 2.48. The third kappa shape index (κ3) is 2.93. The molecule has 1 fully saturated rings. The number of rotatable bonds is 4. The highest BCUT2D eigenvalue weighted by Gasteiger charge is 2.29. The van der Waals surface area contributed by atoms with Gasteiger partial charge in [-0.15, -0.1) is 0 Å². The van der Waals surface area contributed by atoms with Crippen molar-refractivity contribution in [2.75, 3.05) is 25.5 Å². The van der Waals surface area contributed by atoms with Gasteiger partial charge in [-0.3, -0.25) is 9.63 Å². The van der Waals surface area contributed by atoms with Gasteiger partial charge >= 0.3 is 5.97 Å². The Hall–Kier alpha value is -0.660. The molecule has 0 amide bonds. The Kier molecular flexibility index (Phi) is 3.85. The van der Waals surface area contributed by atoms with E-state index < -0.39 is 21.7 Å². The molecule has 1 rings (SSSR count). The highest BCUT2D eigenvalue weighted by Crippen LogP contribution is 2.10. The molecule has 0 spiro atoms. The van der Waals surface area contributed by atoms with Crippen LogP contribution < -0.4 is 0 Å². The summed E-state index contributed by atoms with van der Waals surface area (Å²) >= 11 is 0. The van der Waals surface area contributed by atoms with E-state index in [0.717, 1.165) is 4.47 Å². The number of carbonyl (C=O) groups is 1. The number of nitrogens with zero attached hydrogens (tertiary/aromatic N) is 1. The van der Waals surface area contributed by atoms with Gasteiger partial charge in [0.05, 0.1) is 13.2 Å². The van der Waals surface area contributed by atoms with E-state index in [1.807, 2.05) is 0 Å². The number of sulfonamides is 1. The molecule has 0 aromatic heterocycles. The summed E-state index contributed by atoms with van der Waals surface area (Å²) in [5.41, 5.74) is 0. The summed E-state index contributed by atoms with van der Waals surface area (Å²) in [6, 6.07) is 0. The minimum atomic E-state index is -3.64. The maximum absolute atomic E-state index is 11.4. The van der Waals surface area contributed by atoms with Gasteiger partial charge in [0, 0.05) is 6.54 Å².